The van der Waals surface area contributed by atoms with E-state index in [1.54, 1.807) is 14.0 Å². The fraction of sp³-hybridized carbons (Fsp3) is 0.900. The Hall–Kier alpha value is -0.750. The minimum absolute atomic E-state index is 0.291. The first-order valence-corrected chi connectivity index (χ1v) is 5.33. The first kappa shape index (κ1) is 15.2. The summed E-state index contributed by atoms with van der Waals surface area (Å²) >= 11 is 0. The molecule has 0 aromatic heterocycles. The third-order valence-electron chi connectivity index (χ3n) is 2.55. The summed E-state index contributed by atoms with van der Waals surface area (Å²) in [5.74, 6) is -0.459. The van der Waals surface area contributed by atoms with Crippen LogP contribution >= 0.6 is 0 Å². The first-order valence-electron chi connectivity index (χ1n) is 5.33. The quantitative estimate of drug-likeness (QED) is 0.643. The average molecular weight is 237 g/mol. The second-order valence-corrected chi connectivity index (χ2v) is 4.13. The number of nitrogens with zero attached hydrogens (tertiary/aromatic N) is 1. The highest BCUT2D eigenvalue weighted by molar-refractivity contribution is 5.84. The predicted octanol–water partition coefficient (Wildman–Crippen LogP) is 0.427. The normalized spacial score (nSPS) is 15.4. The maximum absolute atomic E-state index is 12.1. The number of carbonyl (C=O) groups is 1. The van der Waals surface area contributed by atoms with Crippen molar-refractivity contribution in [1.82, 2.24) is 10.2 Å². The highest BCUT2D eigenvalue weighted by atomic mass is 19.3. The maximum atomic E-state index is 12.1. The average Bonchev–Trinajstić information content (AvgIpc) is 2.14. The fourth-order valence-electron chi connectivity index (χ4n) is 1.43. The van der Waals surface area contributed by atoms with Crippen LogP contribution in [0.1, 0.15) is 20.3 Å². The molecule has 0 bridgehead atoms. The third kappa shape index (κ3) is 5.37. The van der Waals surface area contributed by atoms with Crippen molar-refractivity contribution in [2.45, 2.75) is 32.2 Å². The van der Waals surface area contributed by atoms with E-state index in [1.807, 2.05) is 6.92 Å². The summed E-state index contributed by atoms with van der Waals surface area (Å²) < 4.78 is 24.1. The summed E-state index contributed by atoms with van der Waals surface area (Å²) in [6, 6.07) is 0. The van der Waals surface area contributed by atoms with Gasteiger partial charge >= 0.3 is 0 Å². The Morgan fingerprint density at radius 1 is 1.56 bits per heavy atom. The van der Waals surface area contributed by atoms with Gasteiger partial charge in [-0.15, -0.1) is 0 Å². The number of nitrogens with one attached hydrogen (secondary N) is 1. The molecule has 0 aromatic rings. The molecule has 0 aliphatic carbocycles. The van der Waals surface area contributed by atoms with Gasteiger partial charge in [-0.1, -0.05) is 6.92 Å². The van der Waals surface area contributed by atoms with Crippen LogP contribution in [0.25, 0.3) is 0 Å². The highest BCUT2D eigenvalue weighted by Gasteiger charge is 2.29. The Labute approximate surface area is 95.2 Å². The van der Waals surface area contributed by atoms with Crippen LogP contribution in [0.4, 0.5) is 8.78 Å². The number of alkyl halides is 2. The molecule has 1 amide bonds. The summed E-state index contributed by atoms with van der Waals surface area (Å²) in [6.45, 7) is 4.27. The molecule has 0 aromatic carbocycles. The van der Waals surface area contributed by atoms with E-state index in [2.05, 4.69) is 5.32 Å². The zero-order valence-corrected chi connectivity index (χ0v) is 10.1. The van der Waals surface area contributed by atoms with Crippen LogP contribution in [0.5, 0.6) is 0 Å². The maximum Gasteiger partial charge on any atom is 0.251 e. The van der Waals surface area contributed by atoms with Crippen molar-refractivity contribution in [3.05, 3.63) is 0 Å². The van der Waals surface area contributed by atoms with Gasteiger partial charge in [-0.3, -0.25) is 4.79 Å². The number of likely N-dealkylation sites (N-methyl/N-ethyl adjacent to an activating group) is 1. The molecule has 0 rings (SSSR count). The number of rotatable bonds is 8. The van der Waals surface area contributed by atoms with Crippen molar-refractivity contribution < 1.29 is 13.6 Å². The monoisotopic (exact) mass is 237 g/mol. The highest BCUT2D eigenvalue weighted by Crippen LogP contribution is 2.10. The Kier molecular flexibility index (Phi) is 6.43. The van der Waals surface area contributed by atoms with Crippen LogP contribution in [-0.2, 0) is 4.79 Å². The second kappa shape index (κ2) is 6.75. The lowest BCUT2D eigenvalue weighted by Gasteiger charge is -2.29. The van der Waals surface area contributed by atoms with E-state index in [0.29, 0.717) is 19.5 Å². The van der Waals surface area contributed by atoms with Crippen molar-refractivity contribution in [3.63, 3.8) is 0 Å². The van der Waals surface area contributed by atoms with Gasteiger partial charge in [0.1, 0.15) is 0 Å². The molecule has 3 N–H and O–H groups in total. The summed E-state index contributed by atoms with van der Waals surface area (Å²) in [5.41, 5.74) is 4.45. The third-order valence-corrected chi connectivity index (χ3v) is 2.55. The largest absolute Gasteiger partial charge is 0.368 e. The van der Waals surface area contributed by atoms with Gasteiger partial charge in [0.15, 0.2) is 0 Å². The summed E-state index contributed by atoms with van der Waals surface area (Å²) in [7, 11) is 1.60. The number of amides is 1. The predicted molar refractivity (Wildman–Crippen MR) is 59.4 cm³/mol. The molecule has 1 atom stereocenters. The Morgan fingerprint density at radius 2 is 2.12 bits per heavy atom. The standard InChI is InChI=1S/C10H21F2N3O/c1-4-14-10(2,9(13)16)5-6-15(3)7-8(11)12/h8,14H,4-7H2,1-3H3,(H2,13,16). The molecule has 16 heavy (non-hydrogen) atoms. The molecule has 0 saturated carbocycles. The minimum atomic E-state index is -2.36. The van der Waals surface area contributed by atoms with Gasteiger partial charge in [0, 0.05) is 6.54 Å². The van der Waals surface area contributed by atoms with E-state index in [1.165, 1.54) is 4.90 Å². The van der Waals surface area contributed by atoms with Gasteiger partial charge in [-0.2, -0.15) is 0 Å². The molecule has 1 unspecified atom stereocenters. The van der Waals surface area contributed by atoms with Gasteiger partial charge in [0.05, 0.1) is 12.1 Å². The lowest BCUT2D eigenvalue weighted by molar-refractivity contribution is -0.124. The SMILES string of the molecule is CCNC(C)(CCN(C)CC(F)F)C(N)=O. The van der Waals surface area contributed by atoms with E-state index < -0.39 is 17.9 Å². The topological polar surface area (TPSA) is 58.4 Å². The molecule has 0 saturated heterocycles. The number of primary amides is 1. The summed E-state index contributed by atoms with van der Waals surface area (Å²) in [4.78, 5) is 12.7. The molecular formula is C10H21F2N3O. The van der Waals surface area contributed by atoms with Gasteiger partial charge in [0.25, 0.3) is 6.43 Å². The molecule has 0 fully saturated rings. The van der Waals surface area contributed by atoms with Crippen molar-refractivity contribution in [1.29, 1.82) is 0 Å². The molecule has 0 heterocycles. The number of nitrogens with two attached hydrogens (primary N) is 1. The molecule has 4 nitrogen and oxygen atoms in total. The minimum Gasteiger partial charge on any atom is -0.368 e. The molecule has 96 valence electrons. The van der Waals surface area contributed by atoms with E-state index in [4.69, 9.17) is 5.73 Å². The van der Waals surface area contributed by atoms with Crippen molar-refractivity contribution >= 4 is 5.91 Å². The Balaban J connectivity index is 4.17. The molecule has 0 aliphatic rings. The first-order chi connectivity index (χ1) is 7.31. The van der Waals surface area contributed by atoms with Crippen molar-refractivity contribution in [2.75, 3.05) is 26.7 Å². The van der Waals surface area contributed by atoms with Gasteiger partial charge in [-0.25, -0.2) is 8.78 Å². The Bertz CT molecular complexity index is 226. The van der Waals surface area contributed by atoms with E-state index >= 15 is 0 Å². The van der Waals surface area contributed by atoms with Crippen LogP contribution in [0.15, 0.2) is 0 Å². The number of halogens is 2. The van der Waals surface area contributed by atoms with Crippen LogP contribution in [0, 0.1) is 0 Å². The number of carbonyl (C=O) groups excluding carboxylic acids is 1. The number of hydrogen-bond acceptors (Lipinski definition) is 3. The molecule has 0 aliphatic heterocycles. The number of hydrogen-bond donors (Lipinski definition) is 2. The van der Waals surface area contributed by atoms with Crippen LogP contribution in [0.3, 0.4) is 0 Å². The van der Waals surface area contributed by atoms with Crippen molar-refractivity contribution in [3.8, 4) is 0 Å². The Morgan fingerprint density at radius 3 is 2.50 bits per heavy atom. The summed E-state index contributed by atoms with van der Waals surface area (Å²) in [5, 5.41) is 2.98. The molecule has 0 spiro atoms. The van der Waals surface area contributed by atoms with Crippen molar-refractivity contribution in [2.24, 2.45) is 5.73 Å². The zero-order valence-electron chi connectivity index (χ0n) is 10.1. The zero-order chi connectivity index (χ0) is 12.8. The van der Waals surface area contributed by atoms with Crippen LogP contribution in [0.2, 0.25) is 0 Å². The lowest BCUT2D eigenvalue weighted by Crippen LogP contribution is -2.54. The second-order valence-electron chi connectivity index (χ2n) is 4.13. The molecule has 6 heteroatoms. The fourth-order valence-corrected chi connectivity index (χ4v) is 1.43. The summed E-state index contributed by atoms with van der Waals surface area (Å²) in [6.07, 6.45) is -1.94. The van der Waals surface area contributed by atoms with Crippen LogP contribution < -0.4 is 11.1 Å². The molecular weight excluding hydrogens is 216 g/mol. The van der Waals surface area contributed by atoms with Gasteiger partial charge in [-0.05, 0) is 26.9 Å². The van der Waals surface area contributed by atoms with Crippen LogP contribution in [-0.4, -0.2) is 49.5 Å². The van der Waals surface area contributed by atoms with Gasteiger partial charge in [0.2, 0.25) is 5.91 Å². The van der Waals surface area contributed by atoms with E-state index in [-0.39, 0.29) is 6.54 Å². The van der Waals surface area contributed by atoms with E-state index in [9.17, 15) is 13.6 Å². The lowest BCUT2D eigenvalue weighted by atomic mass is 9.96. The molecule has 0 radical (unpaired) electrons. The smallest absolute Gasteiger partial charge is 0.251 e. The van der Waals surface area contributed by atoms with Gasteiger partial charge < -0.3 is 16.0 Å². The van der Waals surface area contributed by atoms with E-state index in [0.717, 1.165) is 0 Å².